The fourth-order valence-corrected chi connectivity index (χ4v) is 3.62. The summed E-state index contributed by atoms with van der Waals surface area (Å²) >= 11 is 0. The van der Waals surface area contributed by atoms with E-state index in [0.717, 1.165) is 28.4 Å². The number of nitrogens with one attached hydrogen (secondary N) is 2. The zero-order valence-corrected chi connectivity index (χ0v) is 17.7. The molecule has 0 bridgehead atoms. The molecule has 3 aromatic carbocycles. The number of hydrogen-bond acceptors (Lipinski definition) is 6. The molecule has 0 aliphatic heterocycles. The zero-order chi connectivity index (χ0) is 22.1. The monoisotopic (exact) mass is 426 g/mol. The topological polar surface area (TPSA) is 95.7 Å². The van der Waals surface area contributed by atoms with E-state index >= 15 is 0 Å². The number of fused-ring (bicyclic) bond motifs is 2. The number of imidazole rings is 1. The Bertz CT molecular complexity index is 1470. The van der Waals surface area contributed by atoms with Gasteiger partial charge in [-0.1, -0.05) is 25.1 Å². The van der Waals surface area contributed by atoms with Crippen molar-refractivity contribution >= 4 is 28.0 Å². The van der Waals surface area contributed by atoms with Crippen molar-refractivity contribution in [1.82, 2.24) is 9.97 Å². The molecule has 0 fully saturated rings. The number of aryl methyl sites for hydroxylation is 1. The number of rotatable bonds is 5. The van der Waals surface area contributed by atoms with Crippen molar-refractivity contribution in [3.05, 3.63) is 77.7 Å². The van der Waals surface area contributed by atoms with Crippen LogP contribution >= 0.6 is 0 Å². The Morgan fingerprint density at radius 1 is 1.09 bits per heavy atom. The minimum atomic E-state index is 0.0705. The highest BCUT2D eigenvalue weighted by Crippen LogP contribution is 2.32. The molecule has 0 amide bonds. The number of phenolic OH excluding ortho intramolecular Hbond substituents is 1. The van der Waals surface area contributed by atoms with E-state index in [-0.39, 0.29) is 5.75 Å². The van der Waals surface area contributed by atoms with Crippen LogP contribution in [0.2, 0.25) is 0 Å². The lowest BCUT2D eigenvalue weighted by Crippen LogP contribution is -2.08. The van der Waals surface area contributed by atoms with Gasteiger partial charge in [0.2, 0.25) is 5.95 Å². The predicted molar refractivity (Wildman–Crippen MR) is 125 cm³/mol. The number of methoxy groups -OCH3 is 1. The molecule has 0 saturated carbocycles. The van der Waals surface area contributed by atoms with Gasteiger partial charge in [-0.2, -0.15) is 5.10 Å². The van der Waals surface area contributed by atoms with Crippen LogP contribution in [-0.2, 0) is 6.42 Å². The summed E-state index contributed by atoms with van der Waals surface area (Å²) in [6.07, 6.45) is 0.906. The van der Waals surface area contributed by atoms with Crippen LogP contribution in [0.15, 0.2) is 76.2 Å². The first-order valence-electron chi connectivity index (χ1n) is 10.3. The van der Waals surface area contributed by atoms with E-state index in [1.165, 1.54) is 12.7 Å². The van der Waals surface area contributed by atoms with E-state index < -0.39 is 0 Å². The van der Waals surface area contributed by atoms with E-state index in [0.29, 0.717) is 28.4 Å². The number of ether oxygens (including phenoxy) is 1. The third kappa shape index (κ3) is 3.65. The standard InChI is InChI=1S/C25H22N4O3/c1-3-15-8-11-22-17(12-15)20(28-29-25-26-18-6-4-5-7-19(18)27-25)14-23(32-22)16-9-10-21(30)24(13-16)31-2/h4-14,30H,3H2,1-2H3,(H2,26,27,29). The Balaban J connectivity index is 1.65. The molecular formula is C25H22N4O3. The molecule has 7 heteroatoms. The van der Waals surface area contributed by atoms with Gasteiger partial charge in [-0.25, -0.2) is 10.4 Å². The largest absolute Gasteiger partial charge is 0.504 e. The van der Waals surface area contributed by atoms with Gasteiger partial charge in [0, 0.05) is 17.0 Å². The summed E-state index contributed by atoms with van der Waals surface area (Å²) in [5.41, 5.74) is 7.50. The summed E-state index contributed by atoms with van der Waals surface area (Å²) in [4.78, 5) is 7.75. The fourth-order valence-electron chi connectivity index (χ4n) is 3.62. The van der Waals surface area contributed by atoms with Crippen molar-refractivity contribution in [2.45, 2.75) is 13.3 Å². The number of hydrogen-bond donors (Lipinski definition) is 3. The normalized spacial score (nSPS) is 11.9. The Morgan fingerprint density at radius 2 is 1.97 bits per heavy atom. The molecular weight excluding hydrogens is 404 g/mol. The molecule has 7 nitrogen and oxygen atoms in total. The third-order valence-corrected chi connectivity index (χ3v) is 5.35. The van der Waals surface area contributed by atoms with Gasteiger partial charge in [0.1, 0.15) is 11.3 Å². The van der Waals surface area contributed by atoms with E-state index in [4.69, 9.17) is 9.15 Å². The smallest absolute Gasteiger partial charge is 0.222 e. The lowest BCUT2D eigenvalue weighted by atomic mass is 10.1. The van der Waals surface area contributed by atoms with Gasteiger partial charge in [-0.15, -0.1) is 0 Å². The summed E-state index contributed by atoms with van der Waals surface area (Å²) in [5.74, 6) is 1.60. The zero-order valence-electron chi connectivity index (χ0n) is 17.7. The van der Waals surface area contributed by atoms with Crippen LogP contribution < -0.4 is 15.5 Å². The van der Waals surface area contributed by atoms with Crippen molar-refractivity contribution in [2.75, 3.05) is 12.5 Å². The molecule has 5 aromatic rings. The van der Waals surface area contributed by atoms with Gasteiger partial charge in [0.05, 0.1) is 23.5 Å². The quantitative estimate of drug-likeness (QED) is 0.337. The SMILES string of the molecule is CCc1ccc2oc(-c3ccc(O)c(OC)c3)cc(=NNc3nc4ccccc4[nH]3)c2c1. The van der Waals surface area contributed by atoms with Crippen LogP contribution in [0.5, 0.6) is 11.5 Å². The summed E-state index contributed by atoms with van der Waals surface area (Å²) in [7, 11) is 1.51. The Kier molecular flexibility index (Phi) is 4.99. The number of benzene rings is 3. The fraction of sp³-hybridized carbons (Fsp3) is 0.120. The molecule has 2 aromatic heterocycles. The minimum absolute atomic E-state index is 0.0705. The second kappa shape index (κ2) is 8.11. The molecule has 0 spiro atoms. The van der Waals surface area contributed by atoms with Crippen LogP contribution in [0.3, 0.4) is 0 Å². The highest BCUT2D eigenvalue weighted by molar-refractivity contribution is 5.80. The molecule has 2 heterocycles. The lowest BCUT2D eigenvalue weighted by Gasteiger charge is -2.09. The maximum Gasteiger partial charge on any atom is 0.222 e. The van der Waals surface area contributed by atoms with Crippen LogP contribution in [-0.4, -0.2) is 22.2 Å². The van der Waals surface area contributed by atoms with Gasteiger partial charge in [-0.3, -0.25) is 0 Å². The number of H-pyrrole nitrogens is 1. The summed E-state index contributed by atoms with van der Waals surface area (Å²) in [6.45, 7) is 2.11. The Hall–Kier alpha value is -4.26. The average molecular weight is 426 g/mol. The molecule has 0 atom stereocenters. The minimum Gasteiger partial charge on any atom is -0.504 e. The van der Waals surface area contributed by atoms with Crippen LogP contribution in [0.25, 0.3) is 33.3 Å². The van der Waals surface area contributed by atoms with E-state index in [1.54, 1.807) is 18.2 Å². The van der Waals surface area contributed by atoms with Gasteiger partial charge < -0.3 is 19.2 Å². The van der Waals surface area contributed by atoms with Crippen molar-refractivity contribution < 1.29 is 14.3 Å². The van der Waals surface area contributed by atoms with Gasteiger partial charge in [0.25, 0.3) is 0 Å². The molecule has 0 saturated heterocycles. The first kappa shape index (κ1) is 19.7. The Morgan fingerprint density at radius 3 is 2.78 bits per heavy atom. The first-order valence-corrected chi connectivity index (χ1v) is 10.3. The summed E-state index contributed by atoms with van der Waals surface area (Å²) in [6, 6.07) is 20.8. The van der Waals surface area contributed by atoms with Gasteiger partial charge in [0.15, 0.2) is 11.5 Å². The number of nitrogens with zero attached hydrogens (tertiary/aromatic N) is 2. The van der Waals surface area contributed by atoms with Crippen LogP contribution in [0, 0.1) is 0 Å². The highest BCUT2D eigenvalue weighted by Gasteiger charge is 2.10. The number of aromatic amines is 1. The summed E-state index contributed by atoms with van der Waals surface area (Å²) < 4.78 is 11.4. The molecule has 0 aliphatic carbocycles. The van der Waals surface area contributed by atoms with Crippen molar-refractivity contribution in [2.24, 2.45) is 5.10 Å². The number of aromatic hydroxyl groups is 1. The number of phenols is 1. The van der Waals surface area contributed by atoms with Gasteiger partial charge >= 0.3 is 0 Å². The molecule has 0 unspecified atom stereocenters. The van der Waals surface area contributed by atoms with E-state index in [2.05, 4.69) is 33.5 Å². The molecule has 32 heavy (non-hydrogen) atoms. The number of aromatic nitrogens is 2. The van der Waals surface area contributed by atoms with Gasteiger partial charge in [-0.05, 0) is 54.4 Å². The van der Waals surface area contributed by atoms with Crippen molar-refractivity contribution in [3.63, 3.8) is 0 Å². The van der Waals surface area contributed by atoms with Crippen LogP contribution in [0.1, 0.15) is 12.5 Å². The molecule has 0 aliphatic rings. The molecule has 160 valence electrons. The third-order valence-electron chi connectivity index (χ3n) is 5.35. The molecule has 3 N–H and O–H groups in total. The second-order valence-corrected chi connectivity index (χ2v) is 7.39. The van der Waals surface area contributed by atoms with Crippen LogP contribution in [0.4, 0.5) is 5.95 Å². The van der Waals surface area contributed by atoms with Crippen molar-refractivity contribution in [1.29, 1.82) is 0 Å². The lowest BCUT2D eigenvalue weighted by molar-refractivity contribution is 0.373. The maximum atomic E-state index is 9.94. The highest BCUT2D eigenvalue weighted by atomic mass is 16.5. The predicted octanol–water partition coefficient (Wildman–Crippen LogP) is 5.18. The molecule has 0 radical (unpaired) electrons. The maximum absolute atomic E-state index is 9.94. The average Bonchev–Trinajstić information content (AvgIpc) is 3.25. The second-order valence-electron chi connectivity index (χ2n) is 7.39. The number of para-hydroxylation sites is 2. The van der Waals surface area contributed by atoms with E-state index in [9.17, 15) is 5.11 Å². The van der Waals surface area contributed by atoms with E-state index in [1.807, 2.05) is 42.5 Å². The Labute approximate surface area is 184 Å². The summed E-state index contributed by atoms with van der Waals surface area (Å²) in [5, 5.41) is 16.2. The molecule has 5 rings (SSSR count). The first-order chi connectivity index (χ1) is 15.6. The van der Waals surface area contributed by atoms with Crippen molar-refractivity contribution in [3.8, 4) is 22.8 Å². The number of anilines is 1.